The number of aliphatic hydroxyl groups excluding tert-OH is 1. The molecule has 2 aliphatic heterocycles. The molecule has 2 aromatic rings. The Bertz CT molecular complexity index is 850. The van der Waals surface area contributed by atoms with Gasteiger partial charge in [-0.3, -0.25) is 9.13 Å². The van der Waals surface area contributed by atoms with Gasteiger partial charge in [0.25, 0.3) is 7.82 Å². The van der Waals surface area contributed by atoms with E-state index in [1.54, 1.807) is 7.05 Å². The molecule has 4 N–H and O–H groups in total. The summed E-state index contributed by atoms with van der Waals surface area (Å²) in [5, 5.41) is 13.4. The van der Waals surface area contributed by atoms with Crippen LogP contribution in [0.2, 0.25) is 0 Å². The van der Waals surface area contributed by atoms with Crippen LogP contribution in [0.25, 0.3) is 11.2 Å². The molecule has 12 nitrogen and oxygen atoms in total. The average molecular weight is 380 g/mol. The van der Waals surface area contributed by atoms with E-state index in [1.807, 2.05) is 0 Å². The van der Waals surface area contributed by atoms with Crippen LogP contribution in [0.15, 0.2) is 6.33 Å². The zero-order valence-electron chi connectivity index (χ0n) is 13.4. The van der Waals surface area contributed by atoms with Crippen molar-refractivity contribution < 1.29 is 57.9 Å². The van der Waals surface area contributed by atoms with Crippen LogP contribution < -0.4 is 45.5 Å². The third-order valence-corrected chi connectivity index (χ3v) is 4.91. The number of phosphoric ester groups is 1. The maximum Gasteiger partial charge on any atom is 1.00 e. The van der Waals surface area contributed by atoms with E-state index >= 15 is 0 Å². The van der Waals surface area contributed by atoms with Crippen molar-refractivity contribution in [2.45, 2.75) is 24.5 Å². The summed E-state index contributed by atoms with van der Waals surface area (Å²) in [5.41, 5.74) is 6.46. The summed E-state index contributed by atoms with van der Waals surface area (Å²) < 4.78 is 28.1. The van der Waals surface area contributed by atoms with Crippen molar-refractivity contribution in [3.05, 3.63) is 6.33 Å². The molecule has 0 bridgehead atoms. The summed E-state index contributed by atoms with van der Waals surface area (Å²) >= 11 is 0. The molecular weight excluding hydrogens is 366 g/mol. The van der Waals surface area contributed by atoms with Crippen LogP contribution in [0.5, 0.6) is 0 Å². The van der Waals surface area contributed by atoms with Gasteiger partial charge >= 0.3 is 29.6 Å². The van der Waals surface area contributed by atoms with Crippen molar-refractivity contribution in [2.75, 3.05) is 24.7 Å². The molecule has 130 valence electrons. The van der Waals surface area contributed by atoms with Crippen LogP contribution in [0.1, 0.15) is 6.23 Å². The van der Waals surface area contributed by atoms with E-state index in [9.17, 15) is 14.6 Å². The largest absolute Gasteiger partial charge is 1.00 e. The molecule has 2 saturated heterocycles. The van der Waals surface area contributed by atoms with Gasteiger partial charge in [-0.2, -0.15) is 0 Å². The van der Waals surface area contributed by atoms with E-state index in [2.05, 4.69) is 24.8 Å². The smallest absolute Gasteiger partial charge is 0.756 e. The SMILES string of the molecule is CNc1nc2c(N)ncnc2n1C1OC2COP(=O)([O-])OC2C1O.[Na+]. The Morgan fingerprint density at radius 1 is 1.52 bits per heavy atom. The molecule has 2 aliphatic rings. The molecule has 5 atom stereocenters. The minimum Gasteiger partial charge on any atom is -0.756 e. The molecule has 14 heteroatoms. The van der Waals surface area contributed by atoms with E-state index in [0.717, 1.165) is 0 Å². The number of nitrogens with zero attached hydrogens (tertiary/aromatic N) is 4. The number of aromatic nitrogens is 4. The molecular formula is C11H14N6NaO6P. The summed E-state index contributed by atoms with van der Waals surface area (Å²) in [4.78, 5) is 23.7. The minimum atomic E-state index is -4.45. The van der Waals surface area contributed by atoms with Crippen molar-refractivity contribution in [3.8, 4) is 0 Å². The Morgan fingerprint density at radius 3 is 3.00 bits per heavy atom. The van der Waals surface area contributed by atoms with E-state index in [-0.39, 0.29) is 42.0 Å². The first-order valence-corrected chi connectivity index (χ1v) is 8.51. The van der Waals surface area contributed by atoms with Gasteiger partial charge in [-0.15, -0.1) is 0 Å². The first kappa shape index (κ1) is 19.0. The molecule has 25 heavy (non-hydrogen) atoms. The van der Waals surface area contributed by atoms with Crippen LogP contribution in [0.3, 0.4) is 0 Å². The molecule has 0 radical (unpaired) electrons. The third kappa shape index (κ3) is 3.07. The number of hydrogen-bond donors (Lipinski definition) is 3. The van der Waals surface area contributed by atoms with Crippen molar-refractivity contribution in [1.29, 1.82) is 0 Å². The molecule has 0 spiro atoms. The van der Waals surface area contributed by atoms with E-state index in [1.165, 1.54) is 10.9 Å². The second-order valence-electron chi connectivity index (χ2n) is 5.36. The van der Waals surface area contributed by atoms with Gasteiger partial charge in [-0.05, 0) is 0 Å². The topological polar surface area (TPSA) is 170 Å². The van der Waals surface area contributed by atoms with Gasteiger partial charge in [-0.1, -0.05) is 0 Å². The molecule has 0 amide bonds. The molecule has 0 saturated carbocycles. The van der Waals surface area contributed by atoms with Crippen LogP contribution in [-0.4, -0.2) is 56.6 Å². The number of anilines is 2. The van der Waals surface area contributed by atoms with Crippen molar-refractivity contribution in [1.82, 2.24) is 19.5 Å². The Morgan fingerprint density at radius 2 is 2.28 bits per heavy atom. The second kappa shape index (κ2) is 6.72. The fourth-order valence-corrected chi connectivity index (χ4v) is 3.83. The Hall–Kier alpha value is -0.820. The first-order valence-electron chi connectivity index (χ1n) is 7.05. The number of rotatable bonds is 2. The first-order chi connectivity index (χ1) is 11.4. The quantitative estimate of drug-likeness (QED) is 0.339. The van der Waals surface area contributed by atoms with E-state index in [4.69, 9.17) is 15.0 Å². The number of nitrogens with one attached hydrogen (secondary N) is 1. The number of nitrogen functional groups attached to an aromatic ring is 1. The average Bonchev–Trinajstić information content (AvgIpc) is 3.06. The van der Waals surface area contributed by atoms with Gasteiger partial charge in [0, 0.05) is 7.05 Å². The normalized spacial score (nSPS) is 34.5. The second-order valence-corrected chi connectivity index (χ2v) is 6.72. The van der Waals surface area contributed by atoms with E-state index < -0.39 is 32.4 Å². The Labute approximate surface area is 163 Å². The predicted molar refractivity (Wildman–Crippen MR) is 77.6 cm³/mol. The predicted octanol–water partition coefficient (Wildman–Crippen LogP) is -4.40. The number of aliphatic hydroxyl groups is 1. The monoisotopic (exact) mass is 380 g/mol. The number of ether oxygens (including phenoxy) is 1. The van der Waals surface area contributed by atoms with Gasteiger partial charge in [0.1, 0.15) is 24.6 Å². The number of phosphoric acid groups is 1. The number of imidazole rings is 1. The Balaban J connectivity index is 0.00000182. The number of nitrogens with two attached hydrogens (primary N) is 1. The summed E-state index contributed by atoms with van der Waals surface area (Å²) in [6.07, 6.45) is -2.82. The molecule has 2 fully saturated rings. The molecule has 0 aliphatic carbocycles. The zero-order valence-corrected chi connectivity index (χ0v) is 16.3. The summed E-state index contributed by atoms with van der Waals surface area (Å²) in [6, 6.07) is 0. The fourth-order valence-electron chi connectivity index (χ4n) is 2.89. The molecule has 4 rings (SSSR count). The van der Waals surface area contributed by atoms with Gasteiger partial charge in [0.2, 0.25) is 5.95 Å². The van der Waals surface area contributed by atoms with Crippen LogP contribution in [0, 0.1) is 0 Å². The number of fused-ring (bicyclic) bond motifs is 2. The molecule has 4 heterocycles. The van der Waals surface area contributed by atoms with Crippen LogP contribution in [0.4, 0.5) is 11.8 Å². The van der Waals surface area contributed by atoms with Gasteiger partial charge in [-0.25, -0.2) is 15.0 Å². The standard InChI is InChI=1S/C11H15N6O6P.Na/c1-13-11-16-5-8(12)14-3-15-9(5)17(11)10-6(18)7-4(22-10)2-21-24(19,20)23-7;/h3-4,6-7,10,18H,2H2,1H3,(H,13,16)(H,19,20)(H2,12,14,15);/q;+1/p-1. The molecule has 0 aromatic carbocycles. The zero-order chi connectivity index (χ0) is 17.1. The van der Waals surface area contributed by atoms with Crippen LogP contribution in [-0.2, 0) is 18.3 Å². The van der Waals surface area contributed by atoms with Crippen molar-refractivity contribution in [2.24, 2.45) is 0 Å². The van der Waals surface area contributed by atoms with Crippen molar-refractivity contribution in [3.63, 3.8) is 0 Å². The number of hydrogen-bond acceptors (Lipinski definition) is 11. The minimum absolute atomic E-state index is 0. The third-order valence-electron chi connectivity index (χ3n) is 3.94. The van der Waals surface area contributed by atoms with Crippen molar-refractivity contribution >= 4 is 30.8 Å². The molecule has 5 unspecified atom stereocenters. The summed E-state index contributed by atoms with van der Waals surface area (Å²) in [6.45, 7) is -0.238. The Kier molecular flexibility index (Phi) is 5.10. The van der Waals surface area contributed by atoms with E-state index in [0.29, 0.717) is 17.1 Å². The van der Waals surface area contributed by atoms with Gasteiger partial charge < -0.3 is 34.8 Å². The van der Waals surface area contributed by atoms with Gasteiger partial charge in [0.05, 0.1) is 6.61 Å². The van der Waals surface area contributed by atoms with Crippen LogP contribution >= 0.6 is 7.82 Å². The maximum atomic E-state index is 11.5. The summed E-state index contributed by atoms with van der Waals surface area (Å²) in [5.74, 6) is 0.495. The fraction of sp³-hybridized carbons (Fsp3) is 0.545. The summed E-state index contributed by atoms with van der Waals surface area (Å²) in [7, 11) is -2.82. The maximum absolute atomic E-state index is 11.5. The molecule has 2 aromatic heterocycles. The van der Waals surface area contributed by atoms with Gasteiger partial charge in [0.15, 0.2) is 23.2 Å².